The van der Waals surface area contributed by atoms with Gasteiger partial charge in [0.15, 0.2) is 0 Å². The van der Waals surface area contributed by atoms with Crippen LogP contribution in [0.4, 0.5) is 5.69 Å². The molecule has 0 bridgehead atoms. The highest BCUT2D eigenvalue weighted by atomic mass is 16.3. The number of aliphatic imine (C=N–C) groups is 1. The molecule has 1 N–H and O–H groups in total. The minimum Gasteiger partial charge on any atom is -0.456 e. The van der Waals surface area contributed by atoms with Gasteiger partial charge in [0, 0.05) is 44.0 Å². The molecule has 1 aliphatic rings. The van der Waals surface area contributed by atoms with E-state index in [0.717, 1.165) is 72.1 Å². The van der Waals surface area contributed by atoms with Gasteiger partial charge in [0.05, 0.1) is 28.4 Å². The van der Waals surface area contributed by atoms with Crippen molar-refractivity contribution in [3.8, 4) is 11.8 Å². The maximum atomic E-state index is 9.55. The van der Waals surface area contributed by atoms with Crippen molar-refractivity contribution in [3.63, 3.8) is 0 Å². The topological polar surface area (TPSA) is 66.2 Å². The zero-order valence-corrected chi connectivity index (χ0v) is 23.5. The number of hydrogen-bond donors (Lipinski definition) is 1. The quantitative estimate of drug-likeness (QED) is 0.232. The van der Waals surface area contributed by atoms with Gasteiger partial charge in [-0.05, 0) is 60.2 Å². The molecule has 0 saturated carbocycles. The van der Waals surface area contributed by atoms with E-state index >= 15 is 0 Å². The van der Waals surface area contributed by atoms with Crippen LogP contribution in [0.25, 0.3) is 49.4 Å². The summed E-state index contributed by atoms with van der Waals surface area (Å²) in [5.74, 6) is 0. The minimum atomic E-state index is -0.303. The number of hydrogen-bond acceptors (Lipinski definition) is 4. The van der Waals surface area contributed by atoms with E-state index in [2.05, 4.69) is 101 Å². The smallest absolute Gasteiger partial charge is 0.145 e. The van der Waals surface area contributed by atoms with Crippen LogP contribution in [0.15, 0.2) is 143 Å². The van der Waals surface area contributed by atoms with E-state index in [1.54, 1.807) is 0 Å². The normalized spacial score (nSPS) is 14.4. The highest BCUT2D eigenvalue weighted by molar-refractivity contribution is 6.18. The molecule has 0 amide bonds. The third kappa shape index (κ3) is 3.68. The van der Waals surface area contributed by atoms with E-state index in [0.29, 0.717) is 5.56 Å². The SMILES string of the molecule is N#Cc1cccc(C2=NC(c3cccc(-n4c5ccccc5c5cc6oc7ccccc7c6cc54)c3)Nc3ccccc32)c1. The fraction of sp³-hybridized carbons (Fsp3) is 0.0256. The van der Waals surface area contributed by atoms with Crippen LogP contribution in [0.5, 0.6) is 0 Å². The molecule has 5 nitrogen and oxygen atoms in total. The molecule has 206 valence electrons. The van der Waals surface area contributed by atoms with Crippen LogP contribution in [0.1, 0.15) is 28.4 Å². The standard InChI is InChI=1S/C39H24N4O/c40-23-24-9-7-10-25(19-24)38-30-15-1-4-16-33(30)41-39(42-38)26-11-8-12-27(20-26)43-34-17-5-2-13-28(34)31-22-37-32(21-35(31)43)29-14-3-6-18-36(29)44-37/h1-22,39,41H. The number of benzene rings is 6. The predicted molar refractivity (Wildman–Crippen MR) is 178 cm³/mol. The second kappa shape index (κ2) is 9.45. The maximum Gasteiger partial charge on any atom is 0.145 e. The molecule has 3 heterocycles. The third-order valence-electron chi connectivity index (χ3n) is 8.61. The number of nitrogens with one attached hydrogen (secondary N) is 1. The second-order valence-electron chi connectivity index (χ2n) is 11.2. The van der Waals surface area contributed by atoms with E-state index in [1.165, 1.54) is 5.39 Å². The first-order chi connectivity index (χ1) is 21.7. The summed E-state index contributed by atoms with van der Waals surface area (Å²) < 4.78 is 8.60. The number of nitriles is 1. The summed E-state index contributed by atoms with van der Waals surface area (Å²) in [5.41, 5.74) is 10.6. The molecule has 6 aromatic carbocycles. The molecule has 0 saturated heterocycles. The Balaban J connectivity index is 1.24. The average molecular weight is 565 g/mol. The minimum absolute atomic E-state index is 0.303. The van der Waals surface area contributed by atoms with Crippen molar-refractivity contribution in [1.82, 2.24) is 4.57 Å². The van der Waals surface area contributed by atoms with Crippen molar-refractivity contribution in [3.05, 3.63) is 156 Å². The van der Waals surface area contributed by atoms with Gasteiger partial charge in [-0.15, -0.1) is 0 Å². The van der Waals surface area contributed by atoms with Crippen LogP contribution in [0, 0.1) is 11.3 Å². The highest BCUT2D eigenvalue weighted by Crippen LogP contribution is 2.39. The summed E-state index contributed by atoms with van der Waals surface area (Å²) in [6, 6.07) is 47.9. The van der Waals surface area contributed by atoms with Gasteiger partial charge in [0.2, 0.25) is 0 Å². The summed E-state index contributed by atoms with van der Waals surface area (Å²) in [7, 11) is 0. The molecule has 0 radical (unpaired) electrons. The largest absolute Gasteiger partial charge is 0.456 e. The summed E-state index contributed by atoms with van der Waals surface area (Å²) in [5, 5.41) is 17.7. The van der Waals surface area contributed by atoms with E-state index in [9.17, 15) is 5.26 Å². The van der Waals surface area contributed by atoms with E-state index in [4.69, 9.17) is 9.41 Å². The second-order valence-corrected chi connectivity index (χ2v) is 11.2. The van der Waals surface area contributed by atoms with Crippen LogP contribution in [-0.2, 0) is 0 Å². The Kier molecular flexibility index (Phi) is 5.26. The summed E-state index contributed by atoms with van der Waals surface area (Å²) in [6.07, 6.45) is -0.303. The molecule has 1 unspecified atom stereocenters. The maximum absolute atomic E-state index is 9.55. The lowest BCUT2D eigenvalue weighted by Gasteiger charge is -2.26. The Bertz CT molecular complexity index is 2510. The van der Waals surface area contributed by atoms with Gasteiger partial charge in [-0.2, -0.15) is 5.26 Å². The number of aromatic nitrogens is 1. The Morgan fingerprint density at radius 3 is 2.41 bits per heavy atom. The van der Waals surface area contributed by atoms with Crippen molar-refractivity contribution >= 4 is 55.1 Å². The summed E-state index contributed by atoms with van der Waals surface area (Å²) in [4.78, 5) is 5.23. The molecule has 0 spiro atoms. The van der Waals surface area contributed by atoms with E-state index in [-0.39, 0.29) is 6.17 Å². The van der Waals surface area contributed by atoms with E-state index < -0.39 is 0 Å². The van der Waals surface area contributed by atoms with Gasteiger partial charge >= 0.3 is 0 Å². The van der Waals surface area contributed by atoms with Crippen molar-refractivity contribution in [1.29, 1.82) is 5.26 Å². The summed E-state index contributed by atoms with van der Waals surface area (Å²) in [6.45, 7) is 0. The first-order valence-corrected chi connectivity index (χ1v) is 14.6. The molecule has 44 heavy (non-hydrogen) atoms. The van der Waals surface area contributed by atoms with Crippen LogP contribution < -0.4 is 5.32 Å². The van der Waals surface area contributed by atoms with Gasteiger partial charge in [-0.1, -0.05) is 78.9 Å². The monoisotopic (exact) mass is 564 g/mol. The molecule has 8 aromatic rings. The Labute approximate surface area is 252 Å². The zero-order chi connectivity index (χ0) is 29.2. The predicted octanol–water partition coefficient (Wildman–Crippen LogP) is 9.52. The number of nitrogens with zero attached hydrogens (tertiary/aromatic N) is 3. The molecular formula is C39H24N4O. The van der Waals surface area contributed by atoms with Crippen LogP contribution in [0.2, 0.25) is 0 Å². The molecule has 9 rings (SSSR count). The number of para-hydroxylation sites is 3. The molecular weight excluding hydrogens is 540 g/mol. The third-order valence-corrected chi connectivity index (χ3v) is 8.61. The van der Waals surface area contributed by atoms with Crippen LogP contribution in [-0.4, -0.2) is 10.3 Å². The number of fused-ring (bicyclic) bond motifs is 7. The zero-order valence-electron chi connectivity index (χ0n) is 23.5. The Morgan fingerprint density at radius 1 is 0.659 bits per heavy atom. The lowest BCUT2D eigenvalue weighted by molar-refractivity contribution is 0.669. The first kappa shape index (κ1) is 24.5. The number of anilines is 1. The molecule has 1 atom stereocenters. The molecule has 1 aliphatic heterocycles. The Morgan fingerprint density at radius 2 is 1.48 bits per heavy atom. The molecule has 0 fully saturated rings. The fourth-order valence-electron chi connectivity index (χ4n) is 6.62. The van der Waals surface area contributed by atoms with Gasteiger partial charge in [0.25, 0.3) is 0 Å². The van der Waals surface area contributed by atoms with Crippen LogP contribution in [0.3, 0.4) is 0 Å². The average Bonchev–Trinajstić information content (AvgIpc) is 3.61. The molecule has 0 aliphatic carbocycles. The molecule has 5 heteroatoms. The number of furan rings is 1. The van der Waals surface area contributed by atoms with Gasteiger partial charge in [-0.3, -0.25) is 4.99 Å². The van der Waals surface area contributed by atoms with Crippen molar-refractivity contribution in [2.24, 2.45) is 4.99 Å². The number of rotatable bonds is 3. The fourth-order valence-corrected chi connectivity index (χ4v) is 6.62. The van der Waals surface area contributed by atoms with Crippen molar-refractivity contribution < 1.29 is 4.42 Å². The molecule has 2 aromatic heterocycles. The van der Waals surface area contributed by atoms with Gasteiger partial charge in [-0.25, -0.2) is 0 Å². The van der Waals surface area contributed by atoms with Gasteiger partial charge in [0.1, 0.15) is 17.3 Å². The highest BCUT2D eigenvalue weighted by Gasteiger charge is 2.23. The van der Waals surface area contributed by atoms with Crippen molar-refractivity contribution in [2.75, 3.05) is 5.32 Å². The first-order valence-electron chi connectivity index (χ1n) is 14.6. The van der Waals surface area contributed by atoms with Gasteiger partial charge < -0.3 is 14.3 Å². The lowest BCUT2D eigenvalue weighted by Crippen LogP contribution is -2.20. The summed E-state index contributed by atoms with van der Waals surface area (Å²) >= 11 is 0. The van der Waals surface area contributed by atoms with Crippen molar-refractivity contribution in [2.45, 2.75) is 6.17 Å². The Hall–Kier alpha value is -6.12. The van der Waals surface area contributed by atoms with Crippen LogP contribution >= 0.6 is 0 Å². The lowest BCUT2D eigenvalue weighted by atomic mass is 9.96. The van der Waals surface area contributed by atoms with E-state index in [1.807, 2.05) is 48.5 Å².